The largest absolute Gasteiger partial charge is 0.341 e. The van der Waals surface area contributed by atoms with Crippen molar-refractivity contribution in [1.82, 2.24) is 19.9 Å². The van der Waals surface area contributed by atoms with Crippen LogP contribution in [-0.4, -0.2) is 38.9 Å². The average Bonchev–Trinajstić information content (AvgIpc) is 2.83. The molecular formula is C16H20N4O2. The van der Waals surface area contributed by atoms with Crippen LogP contribution in [0.5, 0.6) is 0 Å². The van der Waals surface area contributed by atoms with Crippen LogP contribution in [0.15, 0.2) is 29.1 Å². The van der Waals surface area contributed by atoms with Crippen LogP contribution in [0.4, 0.5) is 0 Å². The van der Waals surface area contributed by atoms with Gasteiger partial charge in [0, 0.05) is 13.1 Å². The molecule has 2 aromatic rings. The predicted octanol–water partition coefficient (Wildman–Crippen LogP) is 1.76. The molecule has 1 aromatic carbocycles. The zero-order valence-corrected chi connectivity index (χ0v) is 12.7. The van der Waals surface area contributed by atoms with E-state index in [4.69, 9.17) is 0 Å². The number of aromatic nitrogens is 3. The van der Waals surface area contributed by atoms with Gasteiger partial charge in [-0.25, -0.2) is 0 Å². The van der Waals surface area contributed by atoms with Gasteiger partial charge in [-0.15, -0.1) is 5.10 Å². The molecule has 1 fully saturated rings. The first-order chi connectivity index (χ1) is 10.7. The molecule has 0 saturated carbocycles. The molecule has 22 heavy (non-hydrogen) atoms. The molecule has 0 radical (unpaired) electrons. The fraction of sp³-hybridized carbons (Fsp3) is 0.500. The van der Waals surface area contributed by atoms with Crippen LogP contribution < -0.4 is 5.56 Å². The molecule has 3 rings (SSSR count). The van der Waals surface area contributed by atoms with E-state index in [1.807, 2.05) is 11.0 Å². The summed E-state index contributed by atoms with van der Waals surface area (Å²) in [6, 6.07) is 6.44. The van der Waals surface area contributed by atoms with Crippen LogP contribution in [0, 0.1) is 0 Å². The van der Waals surface area contributed by atoms with Gasteiger partial charge in [0.2, 0.25) is 5.91 Å². The summed E-state index contributed by atoms with van der Waals surface area (Å²) >= 11 is 0. The Balaban J connectivity index is 1.91. The van der Waals surface area contributed by atoms with Crippen molar-refractivity contribution in [3.8, 4) is 0 Å². The highest BCUT2D eigenvalue weighted by molar-refractivity contribution is 5.81. The molecule has 1 aliphatic heterocycles. The lowest BCUT2D eigenvalue weighted by atomic mass is 10.2. The van der Waals surface area contributed by atoms with Crippen LogP contribution in [0.2, 0.25) is 0 Å². The Kier molecular flexibility index (Phi) is 4.18. The van der Waals surface area contributed by atoms with Crippen molar-refractivity contribution >= 4 is 16.8 Å². The number of nitrogens with zero attached hydrogens (tertiary/aromatic N) is 4. The van der Waals surface area contributed by atoms with Crippen molar-refractivity contribution in [1.29, 1.82) is 0 Å². The minimum atomic E-state index is -0.622. The normalized spacial score (nSPS) is 17.2. The van der Waals surface area contributed by atoms with Crippen LogP contribution in [0.3, 0.4) is 0 Å². The lowest BCUT2D eigenvalue weighted by Gasteiger charge is -2.24. The Labute approximate surface area is 128 Å². The van der Waals surface area contributed by atoms with Crippen molar-refractivity contribution in [2.75, 3.05) is 13.1 Å². The topological polar surface area (TPSA) is 68.1 Å². The first-order valence-electron chi connectivity index (χ1n) is 7.81. The summed E-state index contributed by atoms with van der Waals surface area (Å²) in [5.41, 5.74) is 0.291. The van der Waals surface area contributed by atoms with Gasteiger partial charge in [-0.3, -0.25) is 9.59 Å². The van der Waals surface area contributed by atoms with E-state index in [2.05, 4.69) is 10.3 Å². The van der Waals surface area contributed by atoms with Gasteiger partial charge in [-0.2, -0.15) is 4.68 Å². The number of amides is 1. The van der Waals surface area contributed by atoms with Crippen LogP contribution in [-0.2, 0) is 4.79 Å². The molecule has 0 N–H and O–H groups in total. The highest BCUT2D eigenvalue weighted by Gasteiger charge is 2.25. The minimum absolute atomic E-state index is 0.0476. The van der Waals surface area contributed by atoms with Gasteiger partial charge in [0.1, 0.15) is 11.6 Å². The quantitative estimate of drug-likeness (QED) is 0.847. The number of carbonyl (C=O) groups is 1. The minimum Gasteiger partial charge on any atom is -0.341 e. The summed E-state index contributed by atoms with van der Waals surface area (Å²) in [4.78, 5) is 27.0. The Morgan fingerprint density at radius 3 is 2.55 bits per heavy atom. The molecule has 1 aromatic heterocycles. The van der Waals surface area contributed by atoms with Gasteiger partial charge >= 0.3 is 0 Å². The maximum absolute atomic E-state index is 12.6. The van der Waals surface area contributed by atoms with Crippen molar-refractivity contribution in [2.24, 2.45) is 0 Å². The lowest BCUT2D eigenvalue weighted by molar-refractivity contribution is -0.134. The Morgan fingerprint density at radius 1 is 1.14 bits per heavy atom. The SMILES string of the molecule is CC(C(=O)N1CCCCCC1)n1nnc2ccccc2c1=O. The summed E-state index contributed by atoms with van der Waals surface area (Å²) in [7, 11) is 0. The van der Waals surface area contributed by atoms with Gasteiger partial charge in [-0.1, -0.05) is 30.2 Å². The number of likely N-dealkylation sites (tertiary alicyclic amines) is 1. The highest BCUT2D eigenvalue weighted by Crippen LogP contribution is 2.14. The number of hydrogen-bond acceptors (Lipinski definition) is 4. The van der Waals surface area contributed by atoms with E-state index in [1.165, 1.54) is 4.68 Å². The summed E-state index contributed by atoms with van der Waals surface area (Å²) in [5, 5.41) is 8.50. The van der Waals surface area contributed by atoms with Crippen molar-refractivity contribution in [3.63, 3.8) is 0 Å². The number of carbonyl (C=O) groups excluding carboxylic acids is 1. The van der Waals surface area contributed by atoms with E-state index in [0.29, 0.717) is 10.9 Å². The second-order valence-corrected chi connectivity index (χ2v) is 5.77. The van der Waals surface area contributed by atoms with E-state index in [9.17, 15) is 9.59 Å². The Bertz CT molecular complexity index is 732. The smallest absolute Gasteiger partial charge is 0.278 e. The second-order valence-electron chi connectivity index (χ2n) is 5.77. The van der Waals surface area contributed by atoms with Crippen molar-refractivity contribution in [2.45, 2.75) is 38.6 Å². The van der Waals surface area contributed by atoms with Crippen molar-refractivity contribution < 1.29 is 4.79 Å². The number of benzene rings is 1. The number of rotatable bonds is 2. The zero-order valence-electron chi connectivity index (χ0n) is 12.7. The third kappa shape index (κ3) is 2.73. The summed E-state index contributed by atoms with van der Waals surface area (Å²) in [6.07, 6.45) is 4.37. The van der Waals surface area contributed by atoms with E-state index in [0.717, 1.165) is 38.8 Å². The van der Waals surface area contributed by atoms with E-state index >= 15 is 0 Å². The van der Waals surface area contributed by atoms with E-state index in [1.54, 1.807) is 25.1 Å². The lowest BCUT2D eigenvalue weighted by Crippen LogP contribution is -2.41. The molecule has 0 spiro atoms. The maximum atomic E-state index is 12.6. The molecule has 2 heterocycles. The molecule has 1 atom stereocenters. The highest BCUT2D eigenvalue weighted by atomic mass is 16.2. The maximum Gasteiger partial charge on any atom is 0.278 e. The van der Waals surface area contributed by atoms with Crippen LogP contribution in [0.1, 0.15) is 38.6 Å². The van der Waals surface area contributed by atoms with Gasteiger partial charge in [-0.05, 0) is 31.9 Å². The third-order valence-corrected chi connectivity index (χ3v) is 4.23. The van der Waals surface area contributed by atoms with Crippen LogP contribution >= 0.6 is 0 Å². The Morgan fingerprint density at radius 2 is 1.82 bits per heavy atom. The third-order valence-electron chi connectivity index (χ3n) is 4.23. The fourth-order valence-electron chi connectivity index (χ4n) is 2.92. The molecule has 1 saturated heterocycles. The molecule has 6 nitrogen and oxygen atoms in total. The molecule has 1 amide bonds. The summed E-state index contributed by atoms with van der Waals surface area (Å²) in [6.45, 7) is 3.25. The van der Waals surface area contributed by atoms with E-state index in [-0.39, 0.29) is 11.5 Å². The van der Waals surface area contributed by atoms with E-state index < -0.39 is 6.04 Å². The first-order valence-corrected chi connectivity index (χ1v) is 7.81. The summed E-state index contributed by atoms with van der Waals surface area (Å²) in [5.74, 6) is -0.0476. The van der Waals surface area contributed by atoms with Gasteiger partial charge in [0.25, 0.3) is 5.56 Å². The predicted molar refractivity (Wildman–Crippen MR) is 83.6 cm³/mol. The summed E-state index contributed by atoms with van der Waals surface area (Å²) < 4.78 is 1.20. The molecule has 0 aliphatic carbocycles. The first kappa shape index (κ1) is 14.7. The Hall–Kier alpha value is -2.24. The number of fused-ring (bicyclic) bond motifs is 1. The monoisotopic (exact) mass is 300 g/mol. The number of hydrogen-bond donors (Lipinski definition) is 0. The fourth-order valence-corrected chi connectivity index (χ4v) is 2.92. The molecule has 6 heteroatoms. The van der Waals surface area contributed by atoms with Crippen LogP contribution in [0.25, 0.3) is 10.9 Å². The zero-order chi connectivity index (χ0) is 15.5. The molecular weight excluding hydrogens is 280 g/mol. The standard InChI is InChI=1S/C16H20N4O2/c1-12(15(21)19-10-6-2-3-7-11-19)20-16(22)13-8-4-5-9-14(13)17-18-20/h4-5,8-9,12H,2-3,6-7,10-11H2,1H3. The molecule has 1 aliphatic rings. The van der Waals surface area contributed by atoms with Crippen molar-refractivity contribution in [3.05, 3.63) is 34.6 Å². The molecule has 0 bridgehead atoms. The molecule has 116 valence electrons. The van der Waals surface area contributed by atoms with Gasteiger partial charge in [0.05, 0.1) is 5.39 Å². The second kappa shape index (κ2) is 6.25. The van der Waals surface area contributed by atoms with Gasteiger partial charge in [0.15, 0.2) is 0 Å². The average molecular weight is 300 g/mol. The van der Waals surface area contributed by atoms with Gasteiger partial charge < -0.3 is 4.90 Å². The molecule has 1 unspecified atom stereocenters.